The van der Waals surface area contributed by atoms with Crippen LogP contribution >= 0.6 is 23.4 Å². The van der Waals surface area contributed by atoms with Crippen LogP contribution in [0.1, 0.15) is 10.4 Å². The van der Waals surface area contributed by atoms with Gasteiger partial charge in [-0.3, -0.25) is 4.79 Å². The number of amides is 1. The van der Waals surface area contributed by atoms with Crippen LogP contribution in [-0.2, 0) is 0 Å². The zero-order chi connectivity index (χ0) is 22.2. The van der Waals surface area contributed by atoms with Crippen LogP contribution in [0.3, 0.4) is 0 Å². The van der Waals surface area contributed by atoms with Crippen LogP contribution in [0.15, 0.2) is 47.8 Å². The molecule has 11 heteroatoms. The number of halogens is 2. The monoisotopic (exact) mass is 462 g/mol. The van der Waals surface area contributed by atoms with Crippen LogP contribution in [-0.4, -0.2) is 47.3 Å². The fourth-order valence-electron chi connectivity index (χ4n) is 2.58. The molecule has 0 saturated carbocycles. The number of ether oxygens (including phenoxy) is 1. The van der Waals surface area contributed by atoms with Crippen LogP contribution in [0.2, 0.25) is 5.02 Å². The summed E-state index contributed by atoms with van der Waals surface area (Å²) >= 11 is 7.09. The van der Waals surface area contributed by atoms with Gasteiger partial charge in [0.25, 0.3) is 5.91 Å². The van der Waals surface area contributed by atoms with Crippen LogP contribution in [0, 0.1) is 5.82 Å². The van der Waals surface area contributed by atoms with Gasteiger partial charge in [0.2, 0.25) is 5.88 Å². The number of aromatic nitrogens is 3. The summed E-state index contributed by atoms with van der Waals surface area (Å²) < 4.78 is 18.8. The minimum absolute atomic E-state index is 0.0475. The lowest BCUT2D eigenvalue weighted by Crippen LogP contribution is -2.29. The summed E-state index contributed by atoms with van der Waals surface area (Å²) in [5.41, 5.74) is 0.870. The minimum atomic E-state index is -0.523. The van der Waals surface area contributed by atoms with Crippen LogP contribution in [0.25, 0.3) is 0 Å². The van der Waals surface area contributed by atoms with E-state index < -0.39 is 5.82 Å². The van der Waals surface area contributed by atoms with Gasteiger partial charge in [-0.1, -0.05) is 23.4 Å². The summed E-state index contributed by atoms with van der Waals surface area (Å²) in [6, 6.07) is 9.41. The second-order valence-corrected chi connectivity index (χ2v) is 7.30. The van der Waals surface area contributed by atoms with Crippen LogP contribution < -0.4 is 20.7 Å². The van der Waals surface area contributed by atoms with Crippen molar-refractivity contribution in [1.82, 2.24) is 20.3 Å². The molecule has 0 fully saturated rings. The molecule has 3 aromatic rings. The molecule has 0 spiro atoms. The summed E-state index contributed by atoms with van der Waals surface area (Å²) in [6.45, 7) is 0.773. The number of rotatable bonds is 9. The van der Waals surface area contributed by atoms with E-state index in [1.165, 1.54) is 31.0 Å². The smallest absolute Gasteiger partial charge is 0.256 e. The lowest BCUT2D eigenvalue weighted by atomic mass is 10.2. The SMILES string of the molecule is COc1ncccc1C(=O)NCCNc1cc(Nc2ccc(Cl)c(F)c2)nc(SC)n1. The molecule has 3 N–H and O–H groups in total. The molecule has 2 aromatic heterocycles. The maximum absolute atomic E-state index is 13.7. The Labute approximate surface area is 188 Å². The number of benzene rings is 1. The fraction of sp³-hybridized carbons (Fsp3) is 0.200. The number of thioether (sulfide) groups is 1. The van der Waals surface area contributed by atoms with Gasteiger partial charge in [0.15, 0.2) is 5.16 Å². The van der Waals surface area contributed by atoms with Crippen molar-refractivity contribution in [2.45, 2.75) is 5.16 Å². The number of carbonyl (C=O) groups excluding carboxylic acids is 1. The Morgan fingerprint density at radius 2 is 2.00 bits per heavy atom. The summed E-state index contributed by atoms with van der Waals surface area (Å²) in [5.74, 6) is 0.511. The Bertz CT molecular complexity index is 1070. The lowest BCUT2D eigenvalue weighted by Gasteiger charge is -2.12. The number of nitrogens with one attached hydrogen (secondary N) is 3. The number of pyridine rings is 1. The molecular weight excluding hydrogens is 443 g/mol. The summed E-state index contributed by atoms with van der Waals surface area (Å²) in [6.07, 6.45) is 3.41. The van der Waals surface area contributed by atoms with Crippen molar-refractivity contribution in [2.24, 2.45) is 0 Å². The van der Waals surface area contributed by atoms with Gasteiger partial charge in [-0.2, -0.15) is 0 Å². The highest BCUT2D eigenvalue weighted by Gasteiger charge is 2.12. The first-order valence-corrected chi connectivity index (χ1v) is 10.8. The third-order valence-corrected chi connectivity index (χ3v) is 4.86. The van der Waals surface area contributed by atoms with Gasteiger partial charge in [-0.25, -0.2) is 19.3 Å². The van der Waals surface area contributed by atoms with Gasteiger partial charge in [0.1, 0.15) is 23.0 Å². The molecule has 0 atom stereocenters. The zero-order valence-corrected chi connectivity index (χ0v) is 18.4. The topological polar surface area (TPSA) is 101 Å². The van der Waals surface area contributed by atoms with Crippen molar-refractivity contribution in [2.75, 3.05) is 37.1 Å². The van der Waals surface area contributed by atoms with E-state index in [-0.39, 0.29) is 16.8 Å². The van der Waals surface area contributed by atoms with E-state index in [2.05, 4.69) is 30.9 Å². The summed E-state index contributed by atoms with van der Waals surface area (Å²) in [4.78, 5) is 25.1. The second-order valence-electron chi connectivity index (χ2n) is 6.12. The number of carbonyl (C=O) groups is 1. The van der Waals surface area contributed by atoms with E-state index in [9.17, 15) is 9.18 Å². The largest absolute Gasteiger partial charge is 0.480 e. The maximum Gasteiger partial charge on any atom is 0.256 e. The number of hydrogen-bond acceptors (Lipinski definition) is 8. The van der Waals surface area contributed by atoms with Gasteiger partial charge in [0.05, 0.1) is 12.1 Å². The number of nitrogens with zero attached hydrogens (tertiary/aromatic N) is 3. The molecule has 0 bridgehead atoms. The average Bonchev–Trinajstić information content (AvgIpc) is 2.78. The highest BCUT2D eigenvalue weighted by molar-refractivity contribution is 7.98. The first kappa shape index (κ1) is 22.6. The number of hydrogen-bond donors (Lipinski definition) is 3. The Kier molecular flexibility index (Phi) is 7.85. The number of anilines is 3. The highest BCUT2D eigenvalue weighted by Crippen LogP contribution is 2.24. The molecule has 0 radical (unpaired) electrons. The first-order valence-electron chi connectivity index (χ1n) is 9.16. The van der Waals surface area contributed by atoms with Gasteiger partial charge in [-0.05, 0) is 36.6 Å². The van der Waals surface area contributed by atoms with E-state index in [4.69, 9.17) is 16.3 Å². The molecule has 1 amide bonds. The molecule has 0 aliphatic heterocycles. The summed E-state index contributed by atoms with van der Waals surface area (Å²) in [7, 11) is 1.46. The lowest BCUT2D eigenvalue weighted by molar-refractivity contribution is 0.0951. The van der Waals surface area contributed by atoms with E-state index in [0.29, 0.717) is 41.1 Å². The van der Waals surface area contributed by atoms with E-state index in [1.807, 2.05) is 6.26 Å². The molecule has 3 rings (SSSR count). The second kappa shape index (κ2) is 10.8. The molecule has 162 valence electrons. The van der Waals surface area contributed by atoms with Crippen molar-refractivity contribution in [1.29, 1.82) is 0 Å². The quantitative estimate of drug-likeness (QED) is 0.249. The fourth-order valence-corrected chi connectivity index (χ4v) is 3.08. The molecule has 1 aromatic carbocycles. The molecule has 0 saturated heterocycles. The molecule has 0 aliphatic rings. The molecule has 0 aliphatic carbocycles. The normalized spacial score (nSPS) is 10.5. The van der Waals surface area contributed by atoms with E-state index in [1.54, 1.807) is 30.5 Å². The molecule has 8 nitrogen and oxygen atoms in total. The molecular formula is C20H20ClFN6O2S. The average molecular weight is 463 g/mol. The van der Waals surface area contributed by atoms with Crippen molar-refractivity contribution >= 4 is 46.6 Å². The Morgan fingerprint density at radius 1 is 1.19 bits per heavy atom. The first-order chi connectivity index (χ1) is 15.0. The van der Waals surface area contributed by atoms with E-state index in [0.717, 1.165) is 0 Å². The highest BCUT2D eigenvalue weighted by atomic mass is 35.5. The van der Waals surface area contributed by atoms with Crippen molar-refractivity contribution < 1.29 is 13.9 Å². The van der Waals surface area contributed by atoms with E-state index >= 15 is 0 Å². The number of methoxy groups -OCH3 is 1. The van der Waals surface area contributed by atoms with Crippen molar-refractivity contribution in [3.8, 4) is 5.88 Å². The molecule has 0 unspecified atom stereocenters. The molecule has 31 heavy (non-hydrogen) atoms. The van der Waals surface area contributed by atoms with Crippen LogP contribution in [0.5, 0.6) is 5.88 Å². The predicted octanol–water partition coefficient (Wildman–Crippen LogP) is 3.98. The minimum Gasteiger partial charge on any atom is -0.480 e. The Hall–Kier alpha value is -3.11. The third-order valence-electron chi connectivity index (χ3n) is 4.01. The van der Waals surface area contributed by atoms with Gasteiger partial charge >= 0.3 is 0 Å². The molecule has 2 heterocycles. The third kappa shape index (κ3) is 6.19. The maximum atomic E-state index is 13.7. The Morgan fingerprint density at radius 3 is 2.74 bits per heavy atom. The van der Waals surface area contributed by atoms with Gasteiger partial charge in [0, 0.05) is 31.0 Å². The van der Waals surface area contributed by atoms with Crippen LogP contribution in [0.4, 0.5) is 21.7 Å². The standard InChI is InChI=1S/C20H20ClFN6O2S/c1-30-19-13(4-3-7-25-19)18(29)24-9-8-23-16-11-17(28-20(27-16)31-2)26-12-5-6-14(21)15(22)10-12/h3-7,10-11H,8-9H2,1-2H3,(H,24,29)(H2,23,26,27,28). The zero-order valence-electron chi connectivity index (χ0n) is 16.8. The Balaban J connectivity index is 1.60. The van der Waals surface area contributed by atoms with Crippen molar-refractivity contribution in [3.05, 3.63) is 59.0 Å². The summed E-state index contributed by atoms with van der Waals surface area (Å²) in [5, 5.41) is 9.56. The predicted molar refractivity (Wildman–Crippen MR) is 120 cm³/mol. The van der Waals surface area contributed by atoms with Gasteiger partial charge < -0.3 is 20.7 Å². The van der Waals surface area contributed by atoms with Gasteiger partial charge in [-0.15, -0.1) is 0 Å². The van der Waals surface area contributed by atoms with Crippen molar-refractivity contribution in [3.63, 3.8) is 0 Å².